The van der Waals surface area contributed by atoms with Gasteiger partial charge in [0.25, 0.3) is 0 Å². The van der Waals surface area contributed by atoms with E-state index in [0.717, 1.165) is 0 Å². The third-order valence-corrected chi connectivity index (χ3v) is 4.77. The maximum atomic E-state index is 12.7. The van der Waals surface area contributed by atoms with E-state index in [4.69, 9.17) is 21.7 Å². The molecule has 0 bridgehead atoms. The van der Waals surface area contributed by atoms with Crippen LogP contribution in [-0.2, 0) is 24.0 Å². The first-order valence-corrected chi connectivity index (χ1v) is 10.5. The maximum Gasteiger partial charge on any atom is 0.327 e. The Kier molecular flexibility index (Phi) is 13.5. The zero-order valence-electron chi connectivity index (χ0n) is 17.7. The van der Waals surface area contributed by atoms with Gasteiger partial charge in [0.2, 0.25) is 17.7 Å². The molecule has 0 aliphatic rings. The molecule has 0 heterocycles. The molecule has 0 aromatic carbocycles. The van der Waals surface area contributed by atoms with Crippen molar-refractivity contribution in [2.24, 2.45) is 17.4 Å². The highest BCUT2D eigenvalue weighted by molar-refractivity contribution is 7.80. The Bertz CT molecular complexity index is 647. The van der Waals surface area contributed by atoms with E-state index in [9.17, 15) is 24.0 Å². The van der Waals surface area contributed by atoms with E-state index in [1.165, 1.54) is 0 Å². The minimum absolute atomic E-state index is 0.132. The van der Waals surface area contributed by atoms with Crippen LogP contribution in [0.3, 0.4) is 0 Å². The summed E-state index contributed by atoms with van der Waals surface area (Å²) >= 11 is 3.87. The van der Waals surface area contributed by atoms with Gasteiger partial charge in [0.05, 0.1) is 12.5 Å². The van der Waals surface area contributed by atoms with Crippen molar-refractivity contribution in [3.8, 4) is 0 Å². The largest absolute Gasteiger partial charge is 0.481 e. The first-order valence-electron chi connectivity index (χ1n) is 9.86. The number of thiol groups is 1. The summed E-state index contributed by atoms with van der Waals surface area (Å²) in [7, 11) is 0. The Balaban J connectivity index is 5.44. The summed E-state index contributed by atoms with van der Waals surface area (Å²) in [5, 5.41) is 25.1. The van der Waals surface area contributed by atoms with Crippen LogP contribution in [-0.4, -0.2) is 76.3 Å². The highest BCUT2D eigenvalue weighted by atomic mass is 32.1. The molecule has 4 atom stereocenters. The second-order valence-electron chi connectivity index (χ2n) is 7.36. The average Bonchev–Trinajstić information content (AvgIpc) is 2.69. The lowest BCUT2D eigenvalue weighted by molar-refractivity contribution is -0.143. The van der Waals surface area contributed by atoms with Gasteiger partial charge in [0.15, 0.2) is 0 Å². The Morgan fingerprint density at radius 2 is 1.39 bits per heavy atom. The smallest absolute Gasteiger partial charge is 0.327 e. The summed E-state index contributed by atoms with van der Waals surface area (Å²) in [6.45, 7) is 3.73. The molecule has 13 heteroatoms. The van der Waals surface area contributed by atoms with Gasteiger partial charge < -0.3 is 37.6 Å². The number of nitrogens with two attached hydrogens (primary N) is 2. The van der Waals surface area contributed by atoms with E-state index in [1.807, 2.05) is 0 Å². The molecule has 0 saturated carbocycles. The van der Waals surface area contributed by atoms with E-state index in [1.54, 1.807) is 13.8 Å². The third kappa shape index (κ3) is 11.0. The Hall–Kier alpha value is -2.38. The summed E-state index contributed by atoms with van der Waals surface area (Å²) in [5.41, 5.74) is 11.2. The molecule has 12 nitrogen and oxygen atoms in total. The first-order chi connectivity index (χ1) is 14.4. The SMILES string of the molecule is CC(C)C(N)C(=O)NC(CC(=O)O)C(=O)NC(CCCCN)C(=O)NC(CS)C(=O)O. The normalized spacial score (nSPS) is 14.8. The zero-order chi connectivity index (χ0) is 24.1. The van der Waals surface area contributed by atoms with Crippen molar-refractivity contribution in [3.05, 3.63) is 0 Å². The summed E-state index contributed by atoms with van der Waals surface area (Å²) in [6.07, 6.45) is 0.398. The molecule has 0 fully saturated rings. The first kappa shape index (κ1) is 28.6. The minimum Gasteiger partial charge on any atom is -0.481 e. The fraction of sp³-hybridized carbons (Fsp3) is 0.722. The molecule has 0 saturated heterocycles. The lowest BCUT2D eigenvalue weighted by Crippen LogP contribution is -2.58. The monoisotopic (exact) mass is 463 g/mol. The predicted octanol–water partition coefficient (Wildman–Crippen LogP) is -1.96. The molecule has 0 aromatic rings. The number of nitrogens with one attached hydrogen (secondary N) is 3. The second-order valence-corrected chi connectivity index (χ2v) is 7.72. The van der Waals surface area contributed by atoms with Crippen LogP contribution in [0.2, 0.25) is 0 Å². The molecule has 31 heavy (non-hydrogen) atoms. The lowest BCUT2D eigenvalue weighted by atomic mass is 10.0. The number of hydrogen-bond donors (Lipinski definition) is 8. The van der Waals surface area contributed by atoms with Gasteiger partial charge >= 0.3 is 11.9 Å². The van der Waals surface area contributed by atoms with Crippen LogP contribution in [0.15, 0.2) is 0 Å². The van der Waals surface area contributed by atoms with Crippen molar-refractivity contribution in [1.82, 2.24) is 16.0 Å². The van der Waals surface area contributed by atoms with E-state index in [-0.39, 0.29) is 18.1 Å². The number of rotatable bonds is 15. The van der Waals surface area contributed by atoms with Crippen molar-refractivity contribution in [2.45, 2.75) is 63.7 Å². The van der Waals surface area contributed by atoms with Crippen LogP contribution in [0.1, 0.15) is 39.5 Å². The fourth-order valence-corrected chi connectivity index (χ4v) is 2.69. The number of carboxylic acids is 2. The number of aliphatic carboxylic acids is 2. The van der Waals surface area contributed by atoms with Gasteiger partial charge in [-0.3, -0.25) is 19.2 Å². The van der Waals surface area contributed by atoms with Gasteiger partial charge in [-0.2, -0.15) is 12.6 Å². The van der Waals surface area contributed by atoms with Crippen molar-refractivity contribution in [3.63, 3.8) is 0 Å². The molecule has 0 aliphatic heterocycles. The van der Waals surface area contributed by atoms with Gasteiger partial charge in [-0.15, -0.1) is 0 Å². The summed E-state index contributed by atoms with van der Waals surface area (Å²) in [4.78, 5) is 59.7. The zero-order valence-corrected chi connectivity index (χ0v) is 18.6. The van der Waals surface area contributed by atoms with Crippen LogP contribution in [0.4, 0.5) is 0 Å². The van der Waals surface area contributed by atoms with Gasteiger partial charge in [-0.25, -0.2) is 4.79 Å². The number of carbonyl (C=O) groups excluding carboxylic acids is 3. The standard InChI is InChI=1S/C18H33N5O7S/c1-9(2)14(20)17(28)22-11(7-13(24)25)16(27)21-10(5-3-4-6-19)15(26)23-12(8-31)18(29)30/h9-12,14,31H,3-8,19-20H2,1-2H3,(H,21,27)(H,22,28)(H,23,26)(H,24,25)(H,29,30). The Labute approximate surface area is 186 Å². The molecular formula is C18H33N5O7S. The molecule has 0 aromatic heterocycles. The highest BCUT2D eigenvalue weighted by Crippen LogP contribution is 2.05. The van der Waals surface area contributed by atoms with Crippen molar-refractivity contribution in [1.29, 1.82) is 0 Å². The van der Waals surface area contributed by atoms with Crippen molar-refractivity contribution in [2.75, 3.05) is 12.3 Å². The maximum absolute atomic E-state index is 12.7. The van der Waals surface area contributed by atoms with Crippen LogP contribution >= 0.6 is 12.6 Å². The topological polar surface area (TPSA) is 214 Å². The van der Waals surface area contributed by atoms with Crippen LogP contribution < -0.4 is 27.4 Å². The molecular weight excluding hydrogens is 430 g/mol. The molecule has 3 amide bonds. The lowest BCUT2D eigenvalue weighted by Gasteiger charge is -2.25. The number of amides is 3. The van der Waals surface area contributed by atoms with Crippen molar-refractivity contribution >= 4 is 42.3 Å². The molecule has 0 aliphatic carbocycles. The van der Waals surface area contributed by atoms with Crippen LogP contribution in [0.5, 0.6) is 0 Å². The molecule has 0 rings (SSSR count). The summed E-state index contributed by atoms with van der Waals surface area (Å²) in [5.74, 6) is -5.45. The summed E-state index contributed by atoms with van der Waals surface area (Å²) < 4.78 is 0. The van der Waals surface area contributed by atoms with Crippen LogP contribution in [0, 0.1) is 5.92 Å². The number of carboxylic acid groups (broad SMARTS) is 2. The summed E-state index contributed by atoms with van der Waals surface area (Å²) in [6, 6.07) is -4.87. The molecule has 9 N–H and O–H groups in total. The van der Waals surface area contributed by atoms with Crippen molar-refractivity contribution < 1.29 is 34.2 Å². The average molecular weight is 464 g/mol. The van der Waals surface area contributed by atoms with E-state index < -0.39 is 60.2 Å². The van der Waals surface area contributed by atoms with E-state index >= 15 is 0 Å². The minimum atomic E-state index is -1.47. The molecule has 178 valence electrons. The van der Waals surface area contributed by atoms with Gasteiger partial charge in [0.1, 0.15) is 18.1 Å². The number of hydrogen-bond acceptors (Lipinski definition) is 8. The van der Waals surface area contributed by atoms with E-state index in [0.29, 0.717) is 19.4 Å². The third-order valence-electron chi connectivity index (χ3n) is 4.41. The van der Waals surface area contributed by atoms with E-state index in [2.05, 4.69) is 28.6 Å². The van der Waals surface area contributed by atoms with Crippen LogP contribution in [0.25, 0.3) is 0 Å². The quantitative estimate of drug-likeness (QED) is 0.0998. The Morgan fingerprint density at radius 1 is 0.871 bits per heavy atom. The fourth-order valence-electron chi connectivity index (χ4n) is 2.45. The van der Waals surface area contributed by atoms with Gasteiger partial charge in [0, 0.05) is 5.75 Å². The Morgan fingerprint density at radius 3 is 1.84 bits per heavy atom. The van der Waals surface area contributed by atoms with Gasteiger partial charge in [-0.1, -0.05) is 13.8 Å². The molecule has 4 unspecified atom stereocenters. The second kappa shape index (κ2) is 14.6. The number of carbonyl (C=O) groups is 5. The predicted molar refractivity (Wildman–Crippen MR) is 115 cm³/mol. The van der Waals surface area contributed by atoms with Gasteiger partial charge in [-0.05, 0) is 31.7 Å². The number of unbranched alkanes of at least 4 members (excludes halogenated alkanes) is 1. The molecule has 0 spiro atoms. The highest BCUT2D eigenvalue weighted by Gasteiger charge is 2.31. The molecule has 0 radical (unpaired) electrons.